The van der Waals surface area contributed by atoms with E-state index >= 15 is 0 Å². The highest BCUT2D eigenvalue weighted by atomic mass is 79.9. The molecule has 0 bridgehead atoms. The molecule has 1 aromatic carbocycles. The first-order chi connectivity index (χ1) is 6.50. The van der Waals surface area contributed by atoms with Gasteiger partial charge in [-0.1, -0.05) is 11.6 Å². The van der Waals surface area contributed by atoms with E-state index < -0.39 is 0 Å². The van der Waals surface area contributed by atoms with Gasteiger partial charge in [0.05, 0.1) is 5.56 Å². The molecule has 0 atom stereocenters. The average Bonchev–Trinajstić information content (AvgIpc) is 2.08. The van der Waals surface area contributed by atoms with Gasteiger partial charge in [-0.2, -0.15) is 0 Å². The van der Waals surface area contributed by atoms with Gasteiger partial charge in [0.1, 0.15) is 0 Å². The molecule has 1 amide bonds. The molecular weight excluding hydrogens is 242 g/mol. The van der Waals surface area contributed by atoms with Crippen LogP contribution >= 0.6 is 15.9 Å². The maximum absolute atomic E-state index is 11.7. The van der Waals surface area contributed by atoms with Gasteiger partial charge in [-0.25, -0.2) is 0 Å². The molecule has 0 unspecified atom stereocenters. The Morgan fingerprint density at radius 3 is 2.64 bits per heavy atom. The van der Waals surface area contributed by atoms with Crippen molar-refractivity contribution >= 4 is 21.8 Å². The van der Waals surface area contributed by atoms with Crippen LogP contribution in [-0.2, 0) is 0 Å². The minimum absolute atomic E-state index is 0.0319. The van der Waals surface area contributed by atoms with Gasteiger partial charge in [-0.05, 0) is 48.8 Å². The number of hydrogen-bond donors (Lipinski definition) is 1. The van der Waals surface area contributed by atoms with Gasteiger partial charge in [-0.3, -0.25) is 4.79 Å². The number of hydrogen-bond acceptors (Lipinski definition) is 1. The van der Waals surface area contributed by atoms with Crippen molar-refractivity contribution in [3.05, 3.63) is 33.8 Å². The summed E-state index contributed by atoms with van der Waals surface area (Å²) < 4.78 is 0.834. The van der Waals surface area contributed by atoms with Crippen molar-refractivity contribution in [3.63, 3.8) is 0 Å². The van der Waals surface area contributed by atoms with E-state index in [9.17, 15) is 4.79 Å². The largest absolute Gasteiger partial charge is 0.350 e. The van der Waals surface area contributed by atoms with Crippen LogP contribution in [0.15, 0.2) is 22.7 Å². The van der Waals surface area contributed by atoms with Crippen LogP contribution in [0.4, 0.5) is 0 Å². The molecule has 0 aliphatic carbocycles. The summed E-state index contributed by atoms with van der Waals surface area (Å²) in [6.45, 7) is 5.86. The number of aryl methyl sites for hydroxylation is 1. The molecule has 0 heterocycles. The van der Waals surface area contributed by atoms with E-state index in [1.165, 1.54) is 0 Å². The van der Waals surface area contributed by atoms with Gasteiger partial charge in [0, 0.05) is 10.5 Å². The fourth-order valence-corrected chi connectivity index (χ4v) is 1.58. The predicted octanol–water partition coefficient (Wildman–Crippen LogP) is 2.90. The molecule has 14 heavy (non-hydrogen) atoms. The topological polar surface area (TPSA) is 29.1 Å². The molecule has 0 fully saturated rings. The molecule has 1 aromatic rings. The number of halogens is 1. The van der Waals surface area contributed by atoms with E-state index in [-0.39, 0.29) is 11.9 Å². The molecule has 0 spiro atoms. The maximum Gasteiger partial charge on any atom is 0.252 e. The summed E-state index contributed by atoms with van der Waals surface area (Å²) in [5.74, 6) is -0.0319. The summed E-state index contributed by atoms with van der Waals surface area (Å²) in [5, 5.41) is 2.86. The molecule has 3 heteroatoms. The highest BCUT2D eigenvalue weighted by molar-refractivity contribution is 9.10. The molecule has 0 saturated carbocycles. The van der Waals surface area contributed by atoms with E-state index in [1.807, 2.05) is 39.0 Å². The van der Waals surface area contributed by atoms with Gasteiger partial charge in [-0.15, -0.1) is 0 Å². The van der Waals surface area contributed by atoms with Crippen molar-refractivity contribution in [2.24, 2.45) is 0 Å². The molecular formula is C11H14BrNO. The number of nitrogens with one attached hydrogen (secondary N) is 1. The molecule has 1 rings (SSSR count). The van der Waals surface area contributed by atoms with Crippen molar-refractivity contribution in [1.82, 2.24) is 5.32 Å². The Kier molecular flexibility index (Phi) is 3.69. The number of amides is 1. The normalized spacial score (nSPS) is 10.4. The van der Waals surface area contributed by atoms with Gasteiger partial charge < -0.3 is 5.32 Å². The number of carbonyl (C=O) groups excluding carboxylic acids is 1. The van der Waals surface area contributed by atoms with Crippen LogP contribution in [0.25, 0.3) is 0 Å². The molecule has 0 aromatic heterocycles. The van der Waals surface area contributed by atoms with Crippen molar-refractivity contribution in [2.75, 3.05) is 0 Å². The van der Waals surface area contributed by atoms with Crippen LogP contribution in [0.1, 0.15) is 29.8 Å². The van der Waals surface area contributed by atoms with E-state index in [0.717, 1.165) is 10.0 Å². The Morgan fingerprint density at radius 1 is 1.43 bits per heavy atom. The van der Waals surface area contributed by atoms with Crippen LogP contribution in [0.2, 0.25) is 0 Å². The number of benzene rings is 1. The second kappa shape index (κ2) is 4.60. The first-order valence-corrected chi connectivity index (χ1v) is 5.37. The van der Waals surface area contributed by atoms with Gasteiger partial charge in [0.25, 0.3) is 5.91 Å². The second-order valence-corrected chi connectivity index (χ2v) is 4.47. The maximum atomic E-state index is 11.7. The first kappa shape index (κ1) is 11.2. The summed E-state index contributed by atoms with van der Waals surface area (Å²) >= 11 is 3.36. The first-order valence-electron chi connectivity index (χ1n) is 4.57. The van der Waals surface area contributed by atoms with Gasteiger partial charge in [0.15, 0.2) is 0 Å². The summed E-state index contributed by atoms with van der Waals surface area (Å²) in [7, 11) is 0. The Labute approximate surface area is 92.8 Å². The SMILES string of the molecule is Cc1ccc(Br)c(C(=O)NC(C)C)c1. The minimum Gasteiger partial charge on any atom is -0.350 e. The van der Waals surface area contributed by atoms with Crippen molar-refractivity contribution in [3.8, 4) is 0 Å². The molecule has 76 valence electrons. The number of carbonyl (C=O) groups is 1. The van der Waals surface area contributed by atoms with Crippen LogP contribution < -0.4 is 5.32 Å². The molecule has 0 aliphatic heterocycles. The summed E-state index contributed by atoms with van der Waals surface area (Å²) in [6.07, 6.45) is 0. The zero-order valence-corrected chi connectivity index (χ0v) is 10.2. The fourth-order valence-electron chi connectivity index (χ4n) is 1.15. The molecule has 1 N–H and O–H groups in total. The van der Waals surface area contributed by atoms with Crippen LogP contribution in [-0.4, -0.2) is 11.9 Å². The zero-order chi connectivity index (χ0) is 10.7. The summed E-state index contributed by atoms with van der Waals surface area (Å²) in [6, 6.07) is 5.90. The van der Waals surface area contributed by atoms with Crippen LogP contribution in [0, 0.1) is 6.92 Å². The Bertz CT molecular complexity index is 347. The Hall–Kier alpha value is -0.830. The second-order valence-electron chi connectivity index (χ2n) is 3.61. The van der Waals surface area contributed by atoms with Crippen LogP contribution in [0.5, 0.6) is 0 Å². The third kappa shape index (κ3) is 2.84. The smallest absolute Gasteiger partial charge is 0.252 e. The minimum atomic E-state index is -0.0319. The lowest BCUT2D eigenvalue weighted by atomic mass is 10.1. The third-order valence-corrected chi connectivity index (χ3v) is 2.48. The molecule has 0 radical (unpaired) electrons. The standard InChI is InChI=1S/C11H14BrNO/c1-7(2)13-11(14)9-6-8(3)4-5-10(9)12/h4-7H,1-3H3,(H,13,14). The van der Waals surface area contributed by atoms with E-state index in [2.05, 4.69) is 21.2 Å². The highest BCUT2D eigenvalue weighted by Crippen LogP contribution is 2.17. The lowest BCUT2D eigenvalue weighted by Gasteiger charge is -2.10. The van der Waals surface area contributed by atoms with Gasteiger partial charge >= 0.3 is 0 Å². The third-order valence-electron chi connectivity index (χ3n) is 1.79. The van der Waals surface area contributed by atoms with E-state index in [0.29, 0.717) is 5.56 Å². The molecule has 2 nitrogen and oxygen atoms in total. The molecule has 0 saturated heterocycles. The highest BCUT2D eigenvalue weighted by Gasteiger charge is 2.10. The van der Waals surface area contributed by atoms with Crippen LogP contribution in [0.3, 0.4) is 0 Å². The lowest BCUT2D eigenvalue weighted by molar-refractivity contribution is 0.0942. The quantitative estimate of drug-likeness (QED) is 0.866. The summed E-state index contributed by atoms with van der Waals surface area (Å²) in [5.41, 5.74) is 1.78. The predicted molar refractivity (Wildman–Crippen MR) is 61.5 cm³/mol. The number of rotatable bonds is 2. The average molecular weight is 256 g/mol. The fraction of sp³-hybridized carbons (Fsp3) is 0.364. The summed E-state index contributed by atoms with van der Waals surface area (Å²) in [4.78, 5) is 11.7. The van der Waals surface area contributed by atoms with Crippen molar-refractivity contribution in [2.45, 2.75) is 26.8 Å². The van der Waals surface area contributed by atoms with Crippen molar-refractivity contribution in [1.29, 1.82) is 0 Å². The van der Waals surface area contributed by atoms with Crippen molar-refractivity contribution < 1.29 is 4.79 Å². The Morgan fingerprint density at radius 2 is 2.07 bits per heavy atom. The Balaban J connectivity index is 2.94. The van der Waals surface area contributed by atoms with E-state index in [4.69, 9.17) is 0 Å². The lowest BCUT2D eigenvalue weighted by Crippen LogP contribution is -2.30. The zero-order valence-electron chi connectivity index (χ0n) is 8.60. The molecule has 0 aliphatic rings. The monoisotopic (exact) mass is 255 g/mol. The van der Waals surface area contributed by atoms with Gasteiger partial charge in [0.2, 0.25) is 0 Å². The van der Waals surface area contributed by atoms with E-state index in [1.54, 1.807) is 0 Å².